The molecule has 0 bridgehead atoms. The Morgan fingerprint density at radius 3 is 2.20 bits per heavy atom. The molecule has 0 fully saturated rings. The van der Waals surface area contributed by atoms with E-state index in [1.807, 2.05) is 0 Å². The number of nitrogens with one attached hydrogen (secondary N) is 2. The van der Waals surface area contributed by atoms with Gasteiger partial charge in [-0.25, -0.2) is 4.79 Å². The monoisotopic (exact) mass is 416 g/mol. The third kappa shape index (κ3) is 6.83. The number of aliphatic carboxylic acids is 1. The van der Waals surface area contributed by atoms with Gasteiger partial charge in [-0.05, 0) is 35.7 Å². The standard InChI is InChI=1S/C20H24N4O6/c21-15(8-13-2-1-7-22-10-13)18(27)24-17(11-25)19(28)23-16(20(29)30)9-12-3-5-14(26)6-4-12/h1-7,10,15-17,25-26H,8-9,11,21H2,(H,23,28)(H,24,27)(H,29,30)/t15-,16+,17+/m1/s1. The molecule has 0 spiro atoms. The highest BCUT2D eigenvalue weighted by molar-refractivity contribution is 5.92. The summed E-state index contributed by atoms with van der Waals surface area (Å²) in [4.78, 5) is 40.1. The van der Waals surface area contributed by atoms with Crippen molar-refractivity contribution in [3.05, 3.63) is 59.9 Å². The second kappa shape index (κ2) is 10.9. The highest BCUT2D eigenvalue weighted by Gasteiger charge is 2.27. The minimum Gasteiger partial charge on any atom is -0.508 e. The van der Waals surface area contributed by atoms with Crippen LogP contribution in [-0.2, 0) is 27.2 Å². The Hall–Kier alpha value is -3.50. The number of rotatable bonds is 10. The Morgan fingerprint density at radius 1 is 0.967 bits per heavy atom. The van der Waals surface area contributed by atoms with Crippen LogP contribution in [0.25, 0.3) is 0 Å². The number of aromatic hydroxyl groups is 1. The second-order valence-corrected chi connectivity index (χ2v) is 6.69. The first-order chi connectivity index (χ1) is 14.3. The highest BCUT2D eigenvalue weighted by Crippen LogP contribution is 2.11. The van der Waals surface area contributed by atoms with Crippen molar-refractivity contribution in [3.63, 3.8) is 0 Å². The predicted molar refractivity (Wildman–Crippen MR) is 106 cm³/mol. The number of phenolic OH excluding ortho intramolecular Hbond substituents is 1. The first-order valence-corrected chi connectivity index (χ1v) is 9.17. The predicted octanol–water partition coefficient (Wildman–Crippen LogP) is -1.05. The number of aromatic nitrogens is 1. The van der Waals surface area contributed by atoms with Crippen molar-refractivity contribution < 1.29 is 29.7 Å². The number of nitrogens with zero attached hydrogens (tertiary/aromatic N) is 1. The van der Waals surface area contributed by atoms with Gasteiger partial charge in [0.25, 0.3) is 0 Å². The van der Waals surface area contributed by atoms with E-state index in [-0.39, 0.29) is 18.6 Å². The molecule has 0 saturated heterocycles. The van der Waals surface area contributed by atoms with Crippen LogP contribution in [0.15, 0.2) is 48.8 Å². The lowest BCUT2D eigenvalue weighted by Crippen LogP contribution is -2.56. The van der Waals surface area contributed by atoms with E-state index in [0.29, 0.717) is 5.56 Å². The molecule has 0 aliphatic heterocycles. The maximum Gasteiger partial charge on any atom is 0.326 e. The molecule has 0 saturated carbocycles. The molecule has 2 amide bonds. The lowest BCUT2D eigenvalue weighted by atomic mass is 10.0. The molecule has 0 unspecified atom stereocenters. The van der Waals surface area contributed by atoms with Crippen molar-refractivity contribution in [1.29, 1.82) is 0 Å². The Balaban J connectivity index is 1.96. The highest BCUT2D eigenvalue weighted by atomic mass is 16.4. The van der Waals surface area contributed by atoms with Crippen LogP contribution in [0.2, 0.25) is 0 Å². The fourth-order valence-electron chi connectivity index (χ4n) is 2.68. The van der Waals surface area contributed by atoms with Crippen molar-refractivity contribution in [3.8, 4) is 5.75 Å². The maximum absolute atomic E-state index is 12.4. The van der Waals surface area contributed by atoms with E-state index < -0.39 is 42.5 Å². The lowest BCUT2D eigenvalue weighted by molar-refractivity contribution is -0.142. The van der Waals surface area contributed by atoms with Gasteiger partial charge in [0, 0.05) is 18.8 Å². The van der Waals surface area contributed by atoms with Crippen LogP contribution in [0, 0.1) is 0 Å². The van der Waals surface area contributed by atoms with E-state index >= 15 is 0 Å². The average molecular weight is 416 g/mol. The summed E-state index contributed by atoms with van der Waals surface area (Å²) in [5, 5.41) is 32.8. The SMILES string of the molecule is N[C@H](Cc1cccnc1)C(=O)N[C@@H](CO)C(=O)N[C@@H](Cc1ccc(O)cc1)C(=O)O. The average Bonchev–Trinajstić information content (AvgIpc) is 2.73. The molecule has 3 atom stereocenters. The molecule has 2 aromatic rings. The number of carboxylic acids is 1. The third-order valence-electron chi connectivity index (χ3n) is 4.32. The minimum absolute atomic E-state index is 0.0281. The van der Waals surface area contributed by atoms with Gasteiger partial charge in [0.1, 0.15) is 17.8 Å². The number of phenols is 1. The van der Waals surface area contributed by atoms with Gasteiger partial charge in [-0.3, -0.25) is 14.6 Å². The van der Waals surface area contributed by atoms with Gasteiger partial charge < -0.3 is 31.7 Å². The van der Waals surface area contributed by atoms with Gasteiger partial charge in [0.2, 0.25) is 11.8 Å². The second-order valence-electron chi connectivity index (χ2n) is 6.69. The zero-order chi connectivity index (χ0) is 22.1. The summed E-state index contributed by atoms with van der Waals surface area (Å²) >= 11 is 0. The van der Waals surface area contributed by atoms with Crippen LogP contribution < -0.4 is 16.4 Å². The quantitative estimate of drug-likeness (QED) is 0.284. The molecule has 30 heavy (non-hydrogen) atoms. The van der Waals surface area contributed by atoms with Crippen molar-refractivity contribution in [2.24, 2.45) is 5.73 Å². The van der Waals surface area contributed by atoms with Crippen molar-refractivity contribution in [1.82, 2.24) is 15.6 Å². The molecule has 160 valence electrons. The van der Waals surface area contributed by atoms with Crippen LogP contribution in [0.3, 0.4) is 0 Å². The topological polar surface area (TPSA) is 175 Å². The van der Waals surface area contributed by atoms with Crippen molar-refractivity contribution in [2.75, 3.05) is 6.61 Å². The number of carboxylic acid groups (broad SMARTS) is 1. The number of benzene rings is 1. The van der Waals surface area contributed by atoms with Crippen LogP contribution in [0.5, 0.6) is 5.75 Å². The summed E-state index contributed by atoms with van der Waals surface area (Å²) in [5.74, 6) is -2.78. The van der Waals surface area contributed by atoms with Crippen LogP contribution >= 0.6 is 0 Å². The zero-order valence-corrected chi connectivity index (χ0v) is 16.1. The van der Waals surface area contributed by atoms with Gasteiger partial charge in [-0.2, -0.15) is 0 Å². The normalized spacial score (nSPS) is 13.7. The first-order valence-electron chi connectivity index (χ1n) is 9.17. The smallest absolute Gasteiger partial charge is 0.326 e. The number of aliphatic hydroxyl groups is 1. The Kier molecular flexibility index (Phi) is 8.27. The first kappa shape index (κ1) is 22.8. The molecule has 0 radical (unpaired) electrons. The molecule has 7 N–H and O–H groups in total. The summed E-state index contributed by atoms with van der Waals surface area (Å²) in [5.41, 5.74) is 7.15. The van der Waals surface area contributed by atoms with Crippen LogP contribution in [0.4, 0.5) is 0 Å². The summed E-state index contributed by atoms with van der Waals surface area (Å²) in [6, 6.07) is 5.66. The van der Waals surface area contributed by atoms with E-state index in [0.717, 1.165) is 5.56 Å². The molecular weight excluding hydrogens is 392 g/mol. The molecule has 10 nitrogen and oxygen atoms in total. The summed E-state index contributed by atoms with van der Waals surface area (Å²) in [7, 11) is 0. The van der Waals surface area contributed by atoms with Gasteiger partial charge in [0.05, 0.1) is 12.6 Å². The molecule has 0 aliphatic rings. The number of carbonyl (C=O) groups excluding carboxylic acids is 2. The Labute approximate surface area is 172 Å². The van der Waals surface area contributed by atoms with Crippen LogP contribution in [-0.4, -0.2) is 62.8 Å². The van der Waals surface area contributed by atoms with Gasteiger partial charge in [0.15, 0.2) is 0 Å². The van der Waals surface area contributed by atoms with Crippen molar-refractivity contribution in [2.45, 2.75) is 31.0 Å². The fourth-order valence-corrected chi connectivity index (χ4v) is 2.68. The molecule has 1 aromatic heterocycles. The van der Waals surface area contributed by atoms with E-state index in [1.165, 1.54) is 24.3 Å². The molecule has 0 aliphatic carbocycles. The number of carbonyl (C=O) groups is 3. The molecule has 2 rings (SSSR count). The number of aliphatic hydroxyl groups excluding tert-OH is 1. The summed E-state index contributed by atoms with van der Waals surface area (Å²) in [6.45, 7) is -0.733. The van der Waals surface area contributed by atoms with Gasteiger partial charge >= 0.3 is 5.97 Å². The fraction of sp³-hybridized carbons (Fsp3) is 0.300. The lowest BCUT2D eigenvalue weighted by Gasteiger charge is -2.21. The molecule has 1 heterocycles. The largest absolute Gasteiger partial charge is 0.508 e. The van der Waals surface area contributed by atoms with E-state index in [9.17, 15) is 29.7 Å². The third-order valence-corrected chi connectivity index (χ3v) is 4.32. The number of amides is 2. The van der Waals surface area contributed by atoms with Gasteiger partial charge in [-0.1, -0.05) is 18.2 Å². The number of hydrogen-bond donors (Lipinski definition) is 6. The molecule has 10 heteroatoms. The van der Waals surface area contributed by atoms with E-state index in [1.54, 1.807) is 24.5 Å². The van der Waals surface area contributed by atoms with Crippen molar-refractivity contribution >= 4 is 17.8 Å². The number of pyridine rings is 1. The van der Waals surface area contributed by atoms with Crippen LogP contribution in [0.1, 0.15) is 11.1 Å². The number of nitrogens with two attached hydrogens (primary N) is 1. The van der Waals surface area contributed by atoms with Gasteiger partial charge in [-0.15, -0.1) is 0 Å². The van der Waals surface area contributed by atoms with E-state index in [4.69, 9.17) is 5.73 Å². The maximum atomic E-state index is 12.4. The zero-order valence-electron chi connectivity index (χ0n) is 16.1. The number of hydrogen-bond acceptors (Lipinski definition) is 7. The van der Waals surface area contributed by atoms with E-state index in [2.05, 4.69) is 15.6 Å². The molecule has 1 aromatic carbocycles. The Bertz CT molecular complexity index is 859. The Morgan fingerprint density at radius 2 is 1.63 bits per heavy atom. The summed E-state index contributed by atoms with van der Waals surface area (Å²) in [6.07, 6.45) is 3.27. The minimum atomic E-state index is -1.36. The summed E-state index contributed by atoms with van der Waals surface area (Å²) < 4.78 is 0. The molecular formula is C20H24N4O6.